The van der Waals surface area contributed by atoms with E-state index in [0.29, 0.717) is 10.7 Å². The van der Waals surface area contributed by atoms with Crippen LogP contribution in [0, 0.1) is 11.7 Å². The molecule has 1 saturated carbocycles. The average molecular weight is 197 g/mol. The Balaban J connectivity index is 2.40. The third kappa shape index (κ3) is 1.56. The molecule has 0 aromatic carbocycles. The highest BCUT2D eigenvalue weighted by Crippen LogP contribution is 2.33. The molecule has 1 aromatic rings. The van der Waals surface area contributed by atoms with Crippen LogP contribution in [0.5, 0.6) is 0 Å². The van der Waals surface area contributed by atoms with Crippen molar-refractivity contribution in [1.82, 2.24) is 9.97 Å². The summed E-state index contributed by atoms with van der Waals surface area (Å²) in [5.41, 5.74) is 0. The molecule has 0 bridgehead atoms. The van der Waals surface area contributed by atoms with Gasteiger partial charge in [-0.15, -0.1) is 0 Å². The predicted molar refractivity (Wildman–Crippen MR) is 48.9 cm³/mol. The lowest BCUT2D eigenvalue weighted by molar-refractivity contribution is 0.672. The molecule has 0 amide bonds. The Morgan fingerprint density at radius 1 is 1.46 bits per heavy atom. The highest BCUT2D eigenvalue weighted by molar-refractivity contribution is 7.93. The van der Waals surface area contributed by atoms with Gasteiger partial charge in [0.05, 0.1) is 14.6 Å². The molecule has 1 unspecified atom stereocenters. The van der Waals surface area contributed by atoms with E-state index in [1.807, 2.05) is 0 Å². The van der Waals surface area contributed by atoms with Gasteiger partial charge in [-0.25, -0.2) is 19.0 Å². The van der Waals surface area contributed by atoms with E-state index >= 15 is 0 Å². The molecule has 5 heteroatoms. The minimum Gasteiger partial charge on any atom is -0.249 e. The second-order valence-corrected chi connectivity index (χ2v) is 5.61. The average Bonchev–Trinajstić information content (AvgIpc) is 2.87. The van der Waals surface area contributed by atoms with Crippen LogP contribution in [0.15, 0.2) is 17.3 Å². The quantitative estimate of drug-likeness (QED) is 0.778. The van der Waals surface area contributed by atoms with Crippen molar-refractivity contribution in [3.63, 3.8) is 0 Å². The Kier molecular flexibility index (Phi) is 1.83. The third-order valence-electron chi connectivity index (χ3n) is 2.10. The van der Waals surface area contributed by atoms with Crippen LogP contribution >= 0.6 is 0 Å². The van der Waals surface area contributed by atoms with E-state index in [1.54, 1.807) is 6.92 Å². The highest BCUT2D eigenvalue weighted by atomic mass is 32.2. The van der Waals surface area contributed by atoms with Crippen LogP contribution in [0.25, 0.3) is 0 Å². The standard InChI is InChI=1S/C8H11N3OS/c1-6-10-4-8(5-11-6)13(9,12)7-2-3-7/h4-5,7,9H,2-3H2,1H3. The second kappa shape index (κ2) is 2.77. The molecule has 1 aliphatic rings. The van der Waals surface area contributed by atoms with Crippen LogP contribution in [0.1, 0.15) is 18.7 Å². The Hall–Kier alpha value is -0.970. The van der Waals surface area contributed by atoms with Crippen LogP contribution < -0.4 is 0 Å². The fraction of sp³-hybridized carbons (Fsp3) is 0.500. The molecule has 1 aliphatic carbocycles. The minimum absolute atomic E-state index is 0.0406. The summed E-state index contributed by atoms with van der Waals surface area (Å²) in [6.07, 6.45) is 4.82. The van der Waals surface area contributed by atoms with Gasteiger partial charge in [-0.05, 0) is 19.8 Å². The monoisotopic (exact) mass is 197 g/mol. The summed E-state index contributed by atoms with van der Waals surface area (Å²) >= 11 is 0. The highest BCUT2D eigenvalue weighted by Gasteiger charge is 2.34. The summed E-state index contributed by atoms with van der Waals surface area (Å²) in [5.74, 6) is 0.648. The maximum absolute atomic E-state index is 11.8. The maximum Gasteiger partial charge on any atom is 0.125 e. The first kappa shape index (κ1) is 8.62. The zero-order valence-electron chi connectivity index (χ0n) is 7.36. The summed E-state index contributed by atoms with van der Waals surface area (Å²) in [6, 6.07) is 0. The van der Waals surface area contributed by atoms with E-state index in [2.05, 4.69) is 9.97 Å². The lowest BCUT2D eigenvalue weighted by atomic mass is 10.6. The van der Waals surface area contributed by atoms with Crippen LogP contribution in [0.4, 0.5) is 0 Å². The molecular formula is C8H11N3OS. The molecule has 70 valence electrons. The summed E-state index contributed by atoms with van der Waals surface area (Å²) in [6.45, 7) is 1.77. The SMILES string of the molecule is Cc1ncc(S(=N)(=O)C2CC2)cn1. The van der Waals surface area contributed by atoms with Crippen molar-refractivity contribution < 1.29 is 4.21 Å². The lowest BCUT2D eigenvalue weighted by Crippen LogP contribution is -2.06. The van der Waals surface area contributed by atoms with E-state index < -0.39 is 9.73 Å². The van der Waals surface area contributed by atoms with Crippen molar-refractivity contribution in [1.29, 1.82) is 4.78 Å². The van der Waals surface area contributed by atoms with Crippen LogP contribution in [0.3, 0.4) is 0 Å². The van der Waals surface area contributed by atoms with Crippen molar-refractivity contribution in [2.75, 3.05) is 0 Å². The van der Waals surface area contributed by atoms with Gasteiger partial charge in [0.15, 0.2) is 0 Å². The van der Waals surface area contributed by atoms with Crippen LogP contribution in [0.2, 0.25) is 0 Å². The normalized spacial score (nSPS) is 21.0. The maximum atomic E-state index is 11.8. The molecule has 13 heavy (non-hydrogen) atoms. The number of aromatic nitrogens is 2. The molecule has 1 fully saturated rings. The molecular weight excluding hydrogens is 186 g/mol. The third-order valence-corrected chi connectivity index (χ3v) is 4.42. The lowest BCUT2D eigenvalue weighted by Gasteiger charge is -2.03. The Bertz CT molecular complexity index is 406. The minimum atomic E-state index is -2.61. The van der Waals surface area contributed by atoms with Gasteiger partial charge in [0.25, 0.3) is 0 Å². The molecule has 1 heterocycles. The van der Waals surface area contributed by atoms with Gasteiger partial charge >= 0.3 is 0 Å². The second-order valence-electron chi connectivity index (χ2n) is 3.27. The number of rotatable bonds is 2. The first-order chi connectivity index (χ1) is 6.10. The number of nitrogens with zero attached hydrogens (tertiary/aromatic N) is 2. The molecule has 4 nitrogen and oxygen atoms in total. The van der Waals surface area contributed by atoms with Gasteiger partial charge < -0.3 is 0 Å². The summed E-state index contributed by atoms with van der Waals surface area (Å²) in [7, 11) is -2.61. The first-order valence-electron chi connectivity index (χ1n) is 4.17. The van der Waals surface area contributed by atoms with Crippen molar-refractivity contribution in [3.05, 3.63) is 18.2 Å². The van der Waals surface area contributed by atoms with Gasteiger partial charge in [0.2, 0.25) is 0 Å². The Morgan fingerprint density at radius 3 is 2.46 bits per heavy atom. The van der Waals surface area contributed by atoms with Gasteiger partial charge in [0, 0.05) is 17.6 Å². The van der Waals surface area contributed by atoms with Crippen molar-refractivity contribution in [2.45, 2.75) is 29.9 Å². The number of nitrogens with one attached hydrogen (secondary N) is 1. The number of hydrogen-bond donors (Lipinski definition) is 1. The largest absolute Gasteiger partial charge is 0.249 e. The fourth-order valence-corrected chi connectivity index (χ4v) is 2.73. The first-order valence-corrected chi connectivity index (χ1v) is 5.79. The van der Waals surface area contributed by atoms with E-state index in [1.165, 1.54) is 12.4 Å². The van der Waals surface area contributed by atoms with Gasteiger partial charge in [-0.3, -0.25) is 0 Å². The molecule has 0 saturated heterocycles. The molecule has 1 atom stereocenters. The molecule has 0 aliphatic heterocycles. The smallest absolute Gasteiger partial charge is 0.125 e. The molecule has 0 spiro atoms. The summed E-state index contributed by atoms with van der Waals surface area (Å²) < 4.78 is 19.6. The zero-order valence-corrected chi connectivity index (χ0v) is 8.17. The van der Waals surface area contributed by atoms with Crippen molar-refractivity contribution in [2.24, 2.45) is 0 Å². The predicted octanol–water partition coefficient (Wildman–Crippen LogP) is 1.35. The van der Waals surface area contributed by atoms with Gasteiger partial charge in [-0.1, -0.05) is 0 Å². The van der Waals surface area contributed by atoms with Gasteiger partial charge in [0.1, 0.15) is 5.82 Å². The van der Waals surface area contributed by atoms with E-state index in [9.17, 15) is 4.21 Å². The number of aryl methyl sites for hydroxylation is 1. The van der Waals surface area contributed by atoms with Gasteiger partial charge in [-0.2, -0.15) is 0 Å². The molecule has 0 radical (unpaired) electrons. The summed E-state index contributed by atoms with van der Waals surface area (Å²) in [5, 5.41) is 0.0406. The molecule has 1 N–H and O–H groups in total. The molecule has 1 aromatic heterocycles. The number of hydrogen-bond acceptors (Lipinski definition) is 4. The zero-order chi connectivity index (χ0) is 9.47. The topological polar surface area (TPSA) is 66.7 Å². The van der Waals surface area contributed by atoms with Crippen LogP contribution in [-0.2, 0) is 9.73 Å². The van der Waals surface area contributed by atoms with E-state index in [4.69, 9.17) is 4.78 Å². The van der Waals surface area contributed by atoms with E-state index in [-0.39, 0.29) is 5.25 Å². The van der Waals surface area contributed by atoms with Crippen molar-refractivity contribution in [3.8, 4) is 0 Å². The van der Waals surface area contributed by atoms with Crippen LogP contribution in [-0.4, -0.2) is 19.4 Å². The Morgan fingerprint density at radius 2 is 2.00 bits per heavy atom. The fourth-order valence-electron chi connectivity index (χ4n) is 1.13. The van der Waals surface area contributed by atoms with Crippen molar-refractivity contribution >= 4 is 9.73 Å². The molecule has 2 rings (SSSR count). The van der Waals surface area contributed by atoms with E-state index in [0.717, 1.165) is 12.8 Å². The Labute approximate surface area is 77.4 Å². The summed E-state index contributed by atoms with van der Waals surface area (Å²) in [4.78, 5) is 8.36.